The van der Waals surface area contributed by atoms with Crippen LogP contribution in [0.15, 0.2) is 46.7 Å². The van der Waals surface area contributed by atoms with Crippen LogP contribution in [0.4, 0.5) is 5.69 Å². The van der Waals surface area contributed by atoms with E-state index >= 15 is 0 Å². The van der Waals surface area contributed by atoms with Crippen molar-refractivity contribution in [3.8, 4) is 0 Å². The topological polar surface area (TPSA) is 69.7 Å². The lowest BCUT2D eigenvalue weighted by atomic mass is 10.2. The van der Waals surface area contributed by atoms with Crippen LogP contribution >= 0.6 is 11.3 Å². The normalized spacial score (nSPS) is 16.1. The van der Waals surface area contributed by atoms with Gasteiger partial charge in [-0.15, -0.1) is 11.3 Å². The molecule has 2 heterocycles. The summed E-state index contributed by atoms with van der Waals surface area (Å²) in [4.78, 5) is 15.2. The number of carbonyl (C=O) groups is 1. The maximum atomic E-state index is 12.6. The van der Waals surface area contributed by atoms with E-state index in [9.17, 15) is 13.2 Å². The van der Waals surface area contributed by atoms with Crippen LogP contribution in [-0.4, -0.2) is 51.4 Å². The number of nitrogens with one attached hydrogen (secondary N) is 1. The molecule has 0 radical (unpaired) electrons. The lowest BCUT2D eigenvalue weighted by molar-refractivity contribution is -0.120. The maximum absolute atomic E-state index is 12.6. The molecule has 6 nitrogen and oxygen atoms in total. The van der Waals surface area contributed by atoms with Crippen molar-refractivity contribution in [3.63, 3.8) is 0 Å². The Hall–Kier alpha value is -1.90. The lowest BCUT2D eigenvalue weighted by Gasteiger charge is -2.27. The Balaban J connectivity index is 1.52. The van der Waals surface area contributed by atoms with Crippen LogP contribution in [0, 0.1) is 0 Å². The van der Waals surface area contributed by atoms with Gasteiger partial charge in [-0.25, -0.2) is 8.42 Å². The van der Waals surface area contributed by atoms with Crippen molar-refractivity contribution in [3.05, 3.63) is 47.3 Å². The molecule has 1 aliphatic heterocycles. The second-order valence-electron chi connectivity index (χ2n) is 7.11. The molecule has 152 valence electrons. The second-order valence-corrected chi connectivity index (χ2v) is 10.4. The molecule has 2 aromatic rings. The van der Waals surface area contributed by atoms with E-state index < -0.39 is 10.0 Å². The molecule has 0 unspecified atom stereocenters. The molecule has 1 aromatic carbocycles. The van der Waals surface area contributed by atoms with Crippen LogP contribution in [0.5, 0.6) is 0 Å². The van der Waals surface area contributed by atoms with Crippen molar-refractivity contribution >= 4 is 33.0 Å². The number of thiophene rings is 1. The SMILES string of the molecule is C[C@@H](CNC(=O)Cc1ccc(S(=O)(=O)N2CCCC2)s1)N(C)c1ccccc1. The summed E-state index contributed by atoms with van der Waals surface area (Å²) in [5.41, 5.74) is 1.10. The first-order valence-corrected chi connectivity index (χ1v) is 11.8. The summed E-state index contributed by atoms with van der Waals surface area (Å²) >= 11 is 1.19. The fraction of sp³-hybridized carbons (Fsp3) is 0.450. The van der Waals surface area contributed by atoms with Crippen LogP contribution in [0.3, 0.4) is 0 Å². The number of hydrogen-bond acceptors (Lipinski definition) is 5. The molecule has 1 N–H and O–H groups in total. The highest BCUT2D eigenvalue weighted by Crippen LogP contribution is 2.27. The van der Waals surface area contributed by atoms with E-state index in [4.69, 9.17) is 0 Å². The highest BCUT2D eigenvalue weighted by atomic mass is 32.2. The first kappa shape index (κ1) is 20.8. The molecule has 1 fully saturated rings. The van der Waals surface area contributed by atoms with Crippen LogP contribution in [0.25, 0.3) is 0 Å². The van der Waals surface area contributed by atoms with Crippen molar-refractivity contribution < 1.29 is 13.2 Å². The molecule has 0 spiro atoms. The third-order valence-electron chi connectivity index (χ3n) is 5.05. The second kappa shape index (κ2) is 9.07. The first-order chi connectivity index (χ1) is 13.4. The number of anilines is 1. The van der Waals surface area contributed by atoms with Crippen molar-refractivity contribution in [2.45, 2.75) is 36.4 Å². The maximum Gasteiger partial charge on any atom is 0.252 e. The van der Waals surface area contributed by atoms with Gasteiger partial charge >= 0.3 is 0 Å². The summed E-state index contributed by atoms with van der Waals surface area (Å²) < 4.78 is 27.0. The van der Waals surface area contributed by atoms with Gasteiger partial charge in [-0.1, -0.05) is 18.2 Å². The van der Waals surface area contributed by atoms with Gasteiger partial charge < -0.3 is 10.2 Å². The minimum absolute atomic E-state index is 0.0970. The summed E-state index contributed by atoms with van der Waals surface area (Å²) in [6, 6.07) is 13.5. The van der Waals surface area contributed by atoms with Crippen molar-refractivity contribution in [1.82, 2.24) is 9.62 Å². The van der Waals surface area contributed by atoms with Gasteiger partial charge in [0.25, 0.3) is 10.0 Å². The highest BCUT2D eigenvalue weighted by molar-refractivity contribution is 7.91. The summed E-state index contributed by atoms with van der Waals surface area (Å²) in [6.07, 6.45) is 2.02. The number of sulfonamides is 1. The van der Waals surface area contributed by atoms with Gasteiger partial charge in [-0.2, -0.15) is 4.31 Å². The third-order valence-corrected chi connectivity index (χ3v) is 8.50. The fourth-order valence-corrected chi connectivity index (χ4v) is 6.21. The zero-order valence-corrected chi connectivity index (χ0v) is 17.9. The first-order valence-electron chi connectivity index (χ1n) is 9.51. The predicted molar refractivity (Wildman–Crippen MR) is 113 cm³/mol. The van der Waals surface area contributed by atoms with E-state index in [2.05, 4.69) is 17.1 Å². The minimum Gasteiger partial charge on any atom is -0.370 e. The molecule has 1 saturated heterocycles. The van der Waals surface area contributed by atoms with Gasteiger partial charge in [0.1, 0.15) is 4.21 Å². The van der Waals surface area contributed by atoms with E-state index in [0.717, 1.165) is 23.4 Å². The van der Waals surface area contributed by atoms with Crippen LogP contribution < -0.4 is 10.2 Å². The standard InChI is InChI=1S/C20H27N3O3S2/c1-16(22(2)17-8-4-3-5-9-17)15-21-19(24)14-18-10-11-20(27-18)28(25,26)23-12-6-7-13-23/h3-5,8-11,16H,6-7,12-15H2,1-2H3,(H,21,24)/t16-/m0/s1. The van der Waals surface area contributed by atoms with Crippen molar-refractivity contribution in [1.29, 1.82) is 0 Å². The highest BCUT2D eigenvalue weighted by Gasteiger charge is 2.28. The molecule has 1 aliphatic rings. The molecule has 1 atom stereocenters. The summed E-state index contributed by atoms with van der Waals surface area (Å²) in [5.74, 6) is -0.0970. The Morgan fingerprint density at radius 2 is 1.86 bits per heavy atom. The molecular weight excluding hydrogens is 394 g/mol. The van der Waals surface area contributed by atoms with E-state index in [1.165, 1.54) is 15.6 Å². The van der Waals surface area contributed by atoms with Gasteiger partial charge in [-0.3, -0.25) is 4.79 Å². The fourth-order valence-electron chi connectivity index (χ4n) is 3.18. The molecule has 1 aromatic heterocycles. The summed E-state index contributed by atoms with van der Waals surface area (Å²) in [5, 5.41) is 2.95. The Kier molecular flexibility index (Phi) is 6.74. The van der Waals surface area contributed by atoms with E-state index in [1.807, 2.05) is 37.4 Å². The summed E-state index contributed by atoms with van der Waals surface area (Å²) in [6.45, 7) is 3.75. The largest absolute Gasteiger partial charge is 0.370 e. The molecule has 3 rings (SSSR count). The number of rotatable bonds is 8. The van der Waals surface area contributed by atoms with E-state index in [-0.39, 0.29) is 18.4 Å². The molecule has 0 saturated carbocycles. The van der Waals surface area contributed by atoms with Gasteiger partial charge in [0.2, 0.25) is 5.91 Å². The molecule has 8 heteroatoms. The van der Waals surface area contributed by atoms with Crippen LogP contribution in [-0.2, 0) is 21.2 Å². The molecule has 28 heavy (non-hydrogen) atoms. The van der Waals surface area contributed by atoms with E-state index in [1.54, 1.807) is 12.1 Å². The Labute approximate surface area is 171 Å². The Morgan fingerprint density at radius 3 is 2.54 bits per heavy atom. The van der Waals surface area contributed by atoms with Crippen molar-refractivity contribution in [2.75, 3.05) is 31.6 Å². The van der Waals surface area contributed by atoms with Crippen LogP contribution in [0.1, 0.15) is 24.6 Å². The zero-order chi connectivity index (χ0) is 20.1. The third kappa shape index (κ3) is 4.92. The Bertz CT molecular complexity index is 890. The number of hydrogen-bond donors (Lipinski definition) is 1. The van der Waals surface area contributed by atoms with Gasteiger partial charge in [0.05, 0.1) is 6.42 Å². The van der Waals surface area contributed by atoms with Gasteiger partial charge in [0.15, 0.2) is 0 Å². The van der Waals surface area contributed by atoms with Crippen molar-refractivity contribution in [2.24, 2.45) is 0 Å². The zero-order valence-electron chi connectivity index (χ0n) is 16.3. The predicted octanol–water partition coefficient (Wildman–Crippen LogP) is 2.72. The number of nitrogens with zero attached hydrogens (tertiary/aromatic N) is 2. The molecular formula is C20H27N3O3S2. The average molecular weight is 422 g/mol. The molecule has 0 aliphatic carbocycles. The molecule has 0 bridgehead atoms. The minimum atomic E-state index is -3.41. The number of carbonyl (C=O) groups excluding carboxylic acids is 1. The number of amides is 1. The van der Waals surface area contributed by atoms with Gasteiger partial charge in [0, 0.05) is 43.3 Å². The van der Waals surface area contributed by atoms with E-state index in [0.29, 0.717) is 23.8 Å². The smallest absolute Gasteiger partial charge is 0.252 e. The lowest BCUT2D eigenvalue weighted by Crippen LogP contribution is -2.40. The van der Waals surface area contributed by atoms with Gasteiger partial charge in [-0.05, 0) is 44.0 Å². The number of benzene rings is 1. The monoisotopic (exact) mass is 421 g/mol. The summed E-state index contributed by atoms with van der Waals surface area (Å²) in [7, 11) is -1.41. The number of likely N-dealkylation sites (N-methyl/N-ethyl adjacent to an activating group) is 1. The number of para-hydroxylation sites is 1. The Morgan fingerprint density at radius 1 is 1.18 bits per heavy atom. The molecule has 1 amide bonds. The quantitative estimate of drug-likeness (QED) is 0.712. The average Bonchev–Trinajstić information content (AvgIpc) is 3.39. The van der Waals surface area contributed by atoms with Crippen LogP contribution in [0.2, 0.25) is 0 Å².